The van der Waals surface area contributed by atoms with Gasteiger partial charge in [-0.05, 0) is 27.2 Å². The lowest BCUT2D eigenvalue weighted by molar-refractivity contribution is -0.132. The molecule has 1 aromatic rings. The van der Waals surface area contributed by atoms with Gasteiger partial charge in [-0.3, -0.25) is 14.6 Å². The maximum absolute atomic E-state index is 12.6. The molecule has 1 N–H and O–H groups in total. The van der Waals surface area contributed by atoms with Crippen LogP contribution in [-0.4, -0.2) is 51.4 Å². The van der Waals surface area contributed by atoms with E-state index >= 15 is 0 Å². The highest BCUT2D eigenvalue weighted by Crippen LogP contribution is 2.30. The zero-order valence-corrected chi connectivity index (χ0v) is 12.5. The van der Waals surface area contributed by atoms with Gasteiger partial charge in [0, 0.05) is 19.1 Å². The lowest BCUT2D eigenvalue weighted by atomic mass is 9.99. The summed E-state index contributed by atoms with van der Waals surface area (Å²) in [7, 11) is 0. The number of oxazole rings is 1. The van der Waals surface area contributed by atoms with Gasteiger partial charge in [0.05, 0.1) is 12.7 Å². The average molecular weight is 292 g/mol. The average Bonchev–Trinajstić information content (AvgIpc) is 3.03. The Morgan fingerprint density at radius 3 is 2.81 bits per heavy atom. The van der Waals surface area contributed by atoms with Gasteiger partial charge in [-0.15, -0.1) is 0 Å². The molecule has 0 aromatic carbocycles. The second kappa shape index (κ2) is 4.84. The van der Waals surface area contributed by atoms with Crippen LogP contribution < -0.4 is 5.32 Å². The van der Waals surface area contributed by atoms with E-state index in [0.717, 1.165) is 12.3 Å². The third kappa shape index (κ3) is 2.31. The number of urea groups is 1. The highest BCUT2D eigenvalue weighted by atomic mass is 16.4. The van der Waals surface area contributed by atoms with Gasteiger partial charge in [0.25, 0.3) is 5.91 Å². The summed E-state index contributed by atoms with van der Waals surface area (Å²) >= 11 is 0. The Morgan fingerprint density at radius 1 is 1.48 bits per heavy atom. The fraction of sp³-hybridized carbons (Fsp3) is 0.643. The molecule has 0 unspecified atom stereocenters. The highest BCUT2D eigenvalue weighted by Gasteiger charge is 2.55. The molecule has 2 saturated heterocycles. The van der Waals surface area contributed by atoms with Crippen molar-refractivity contribution in [1.82, 2.24) is 20.1 Å². The number of hydrogen-bond acceptors (Lipinski definition) is 5. The largest absolute Gasteiger partial charge is 0.445 e. The van der Waals surface area contributed by atoms with Crippen LogP contribution in [0, 0.1) is 6.92 Å². The van der Waals surface area contributed by atoms with Crippen LogP contribution in [0.1, 0.15) is 31.9 Å². The Balaban J connectivity index is 1.71. The van der Waals surface area contributed by atoms with Crippen LogP contribution in [0.4, 0.5) is 4.79 Å². The number of nitrogens with one attached hydrogen (secondary N) is 1. The van der Waals surface area contributed by atoms with E-state index in [4.69, 9.17) is 4.42 Å². The molecule has 0 aliphatic carbocycles. The zero-order valence-electron chi connectivity index (χ0n) is 12.5. The van der Waals surface area contributed by atoms with Crippen molar-refractivity contribution in [1.29, 1.82) is 0 Å². The summed E-state index contributed by atoms with van der Waals surface area (Å²) in [5.74, 6) is 1.30. The Labute approximate surface area is 123 Å². The summed E-state index contributed by atoms with van der Waals surface area (Å²) < 4.78 is 5.47. The number of carbonyl (C=O) groups is 2. The van der Waals surface area contributed by atoms with Gasteiger partial charge in [0.15, 0.2) is 0 Å². The predicted molar refractivity (Wildman–Crippen MR) is 74.4 cm³/mol. The SMILES string of the molecule is Cc1cnc(CN2CC[C@]3(C2)NC(=O)N(C(C)C)C3=O)o1. The van der Waals surface area contributed by atoms with E-state index in [1.54, 1.807) is 6.20 Å². The molecule has 1 atom stereocenters. The number of carbonyl (C=O) groups excluding carboxylic acids is 2. The van der Waals surface area contributed by atoms with E-state index in [0.29, 0.717) is 25.4 Å². The highest BCUT2D eigenvalue weighted by molar-refractivity contribution is 6.07. The molecule has 2 fully saturated rings. The molecule has 114 valence electrons. The molecule has 1 spiro atoms. The topological polar surface area (TPSA) is 78.7 Å². The molecule has 1 aromatic heterocycles. The Hall–Kier alpha value is -1.89. The van der Waals surface area contributed by atoms with E-state index in [2.05, 4.69) is 15.2 Å². The molecule has 0 radical (unpaired) electrons. The monoisotopic (exact) mass is 292 g/mol. The van der Waals surface area contributed by atoms with E-state index in [1.165, 1.54) is 4.90 Å². The summed E-state index contributed by atoms with van der Waals surface area (Å²) in [4.78, 5) is 32.1. The van der Waals surface area contributed by atoms with Crippen molar-refractivity contribution in [3.05, 3.63) is 17.8 Å². The molecule has 7 nitrogen and oxygen atoms in total. The summed E-state index contributed by atoms with van der Waals surface area (Å²) in [6, 6.07) is -0.413. The summed E-state index contributed by atoms with van der Waals surface area (Å²) in [5.41, 5.74) is -0.775. The van der Waals surface area contributed by atoms with Crippen molar-refractivity contribution in [3.8, 4) is 0 Å². The minimum absolute atomic E-state index is 0.117. The Kier molecular flexibility index (Phi) is 3.24. The normalized spacial score (nSPS) is 26.4. The number of likely N-dealkylation sites (tertiary alicyclic amines) is 1. The number of hydrogen-bond donors (Lipinski definition) is 1. The van der Waals surface area contributed by atoms with Crippen molar-refractivity contribution in [2.45, 2.75) is 45.3 Å². The van der Waals surface area contributed by atoms with Crippen LogP contribution in [0.5, 0.6) is 0 Å². The Bertz CT molecular complexity index is 583. The van der Waals surface area contributed by atoms with Crippen LogP contribution in [0.25, 0.3) is 0 Å². The first-order valence-electron chi connectivity index (χ1n) is 7.21. The summed E-state index contributed by atoms with van der Waals surface area (Å²) in [6.07, 6.45) is 2.31. The molecule has 2 aliphatic rings. The molecule has 0 bridgehead atoms. The van der Waals surface area contributed by atoms with Crippen molar-refractivity contribution in [2.24, 2.45) is 0 Å². The first kappa shape index (κ1) is 14.1. The first-order valence-corrected chi connectivity index (χ1v) is 7.21. The lowest BCUT2D eigenvalue weighted by Crippen LogP contribution is -2.49. The molecule has 3 amide bonds. The van der Waals surface area contributed by atoms with Gasteiger partial charge in [-0.1, -0.05) is 0 Å². The fourth-order valence-corrected chi connectivity index (χ4v) is 3.08. The van der Waals surface area contributed by atoms with E-state index in [9.17, 15) is 9.59 Å². The number of nitrogens with zero attached hydrogens (tertiary/aromatic N) is 3. The van der Waals surface area contributed by atoms with Gasteiger partial charge >= 0.3 is 6.03 Å². The molecule has 3 rings (SSSR count). The van der Waals surface area contributed by atoms with Crippen molar-refractivity contribution >= 4 is 11.9 Å². The van der Waals surface area contributed by atoms with Crippen molar-refractivity contribution in [3.63, 3.8) is 0 Å². The van der Waals surface area contributed by atoms with E-state index in [1.807, 2.05) is 20.8 Å². The fourth-order valence-electron chi connectivity index (χ4n) is 3.08. The third-order valence-electron chi connectivity index (χ3n) is 4.09. The number of amides is 3. The van der Waals surface area contributed by atoms with Crippen LogP contribution in [0.2, 0.25) is 0 Å². The Morgan fingerprint density at radius 2 is 2.24 bits per heavy atom. The van der Waals surface area contributed by atoms with Crippen molar-refractivity contribution < 1.29 is 14.0 Å². The molecule has 21 heavy (non-hydrogen) atoms. The number of aromatic nitrogens is 1. The van der Waals surface area contributed by atoms with E-state index < -0.39 is 5.54 Å². The maximum Gasteiger partial charge on any atom is 0.325 e. The van der Waals surface area contributed by atoms with E-state index in [-0.39, 0.29) is 18.0 Å². The van der Waals surface area contributed by atoms with Crippen LogP contribution in [0.3, 0.4) is 0 Å². The molecular weight excluding hydrogens is 272 g/mol. The molecule has 3 heterocycles. The first-order chi connectivity index (χ1) is 9.91. The summed E-state index contributed by atoms with van der Waals surface area (Å²) in [5, 5.41) is 2.88. The van der Waals surface area contributed by atoms with Crippen molar-refractivity contribution in [2.75, 3.05) is 13.1 Å². The van der Waals surface area contributed by atoms with Gasteiger partial charge < -0.3 is 9.73 Å². The number of imide groups is 1. The van der Waals surface area contributed by atoms with Gasteiger partial charge in [-0.2, -0.15) is 0 Å². The maximum atomic E-state index is 12.6. The van der Waals surface area contributed by atoms with Crippen LogP contribution in [-0.2, 0) is 11.3 Å². The predicted octanol–water partition coefficient (Wildman–Crippen LogP) is 0.888. The molecular formula is C14H20N4O3. The molecule has 0 saturated carbocycles. The standard InChI is InChI=1S/C14H20N4O3/c1-9(2)18-12(19)14(16-13(18)20)4-5-17(8-14)7-11-15-6-10(3)21-11/h6,9H,4-5,7-8H2,1-3H3,(H,16,20)/t14-/m1/s1. The van der Waals surface area contributed by atoms with Gasteiger partial charge in [0.2, 0.25) is 5.89 Å². The van der Waals surface area contributed by atoms with Crippen LogP contribution >= 0.6 is 0 Å². The van der Waals surface area contributed by atoms with Crippen LogP contribution in [0.15, 0.2) is 10.6 Å². The second-order valence-corrected chi connectivity index (χ2v) is 6.11. The minimum atomic E-state index is -0.775. The zero-order chi connectivity index (χ0) is 15.2. The number of rotatable bonds is 3. The third-order valence-corrected chi connectivity index (χ3v) is 4.09. The smallest absolute Gasteiger partial charge is 0.325 e. The molecule has 7 heteroatoms. The van der Waals surface area contributed by atoms with Gasteiger partial charge in [0.1, 0.15) is 11.3 Å². The summed E-state index contributed by atoms with van der Waals surface area (Å²) in [6.45, 7) is 7.34. The second-order valence-electron chi connectivity index (χ2n) is 6.11. The quantitative estimate of drug-likeness (QED) is 0.837. The molecule has 2 aliphatic heterocycles. The lowest BCUT2D eigenvalue weighted by Gasteiger charge is -2.22. The number of aryl methyl sites for hydroxylation is 1. The minimum Gasteiger partial charge on any atom is -0.445 e. The van der Waals surface area contributed by atoms with Gasteiger partial charge in [-0.25, -0.2) is 9.78 Å².